The van der Waals surface area contributed by atoms with Crippen molar-refractivity contribution in [1.29, 1.82) is 0 Å². The molecule has 20 heavy (non-hydrogen) atoms. The van der Waals surface area contributed by atoms with Gasteiger partial charge in [0.15, 0.2) is 0 Å². The summed E-state index contributed by atoms with van der Waals surface area (Å²) < 4.78 is 2.12. The minimum atomic E-state index is 0.401. The second kappa shape index (κ2) is 6.71. The Morgan fingerprint density at radius 2 is 1.90 bits per heavy atom. The normalized spacial score (nSPS) is 12.6. The average molecular weight is 271 g/mol. The van der Waals surface area contributed by atoms with E-state index in [9.17, 15) is 0 Å². The highest BCUT2D eigenvalue weighted by Gasteiger charge is 2.11. The van der Waals surface area contributed by atoms with Crippen LogP contribution in [-0.2, 0) is 6.54 Å². The van der Waals surface area contributed by atoms with E-state index in [4.69, 9.17) is 0 Å². The summed E-state index contributed by atoms with van der Waals surface area (Å²) in [6.45, 7) is 10.9. The average Bonchev–Trinajstić information content (AvgIpc) is 2.86. The molecule has 0 bridgehead atoms. The van der Waals surface area contributed by atoms with Gasteiger partial charge in [0.2, 0.25) is 0 Å². The van der Waals surface area contributed by atoms with Gasteiger partial charge in [0.05, 0.1) is 6.33 Å². The van der Waals surface area contributed by atoms with Crippen LogP contribution in [0.5, 0.6) is 0 Å². The Morgan fingerprint density at radius 1 is 1.20 bits per heavy atom. The second-order valence-corrected chi connectivity index (χ2v) is 5.64. The molecule has 1 aromatic heterocycles. The van der Waals surface area contributed by atoms with E-state index in [2.05, 4.69) is 54.7 Å². The monoisotopic (exact) mass is 271 g/mol. The van der Waals surface area contributed by atoms with Crippen molar-refractivity contribution in [3.63, 3.8) is 0 Å². The predicted octanol–water partition coefficient (Wildman–Crippen LogP) is 3.55. The summed E-state index contributed by atoms with van der Waals surface area (Å²) in [4.78, 5) is 4.06. The molecule has 0 saturated carbocycles. The molecule has 0 aliphatic rings. The molecule has 0 saturated heterocycles. The Kier molecular flexibility index (Phi) is 4.96. The maximum Gasteiger partial charge on any atom is 0.0945 e. The van der Waals surface area contributed by atoms with Crippen LogP contribution < -0.4 is 5.32 Å². The van der Waals surface area contributed by atoms with Crippen molar-refractivity contribution in [2.24, 2.45) is 0 Å². The first-order chi connectivity index (χ1) is 9.58. The minimum absolute atomic E-state index is 0.401. The first-order valence-corrected chi connectivity index (χ1v) is 7.35. The van der Waals surface area contributed by atoms with Crippen LogP contribution in [0, 0.1) is 20.8 Å². The molecule has 108 valence electrons. The Labute approximate surface area is 122 Å². The Hall–Kier alpha value is -1.61. The van der Waals surface area contributed by atoms with Gasteiger partial charge in [-0.3, -0.25) is 0 Å². The fraction of sp³-hybridized carbons (Fsp3) is 0.471. The first-order valence-electron chi connectivity index (χ1n) is 7.35. The summed E-state index contributed by atoms with van der Waals surface area (Å²) in [6, 6.07) is 4.94. The van der Waals surface area contributed by atoms with E-state index in [1.54, 1.807) is 0 Å². The van der Waals surface area contributed by atoms with E-state index < -0.39 is 0 Å². The number of aromatic nitrogens is 2. The molecule has 0 spiro atoms. The van der Waals surface area contributed by atoms with Crippen LogP contribution in [0.1, 0.15) is 41.6 Å². The number of nitrogens with one attached hydrogen (secondary N) is 1. The van der Waals surface area contributed by atoms with E-state index in [0.29, 0.717) is 6.04 Å². The summed E-state index contributed by atoms with van der Waals surface area (Å²) in [6.07, 6.45) is 6.83. The maximum atomic E-state index is 4.06. The maximum absolute atomic E-state index is 4.06. The number of hydrogen-bond donors (Lipinski definition) is 1. The lowest BCUT2D eigenvalue weighted by Crippen LogP contribution is -2.22. The molecule has 1 unspecified atom stereocenters. The molecule has 0 aliphatic heterocycles. The van der Waals surface area contributed by atoms with Crippen molar-refractivity contribution in [3.8, 4) is 0 Å². The number of imidazole rings is 1. The Bertz CT molecular complexity index is 520. The van der Waals surface area contributed by atoms with E-state index in [-0.39, 0.29) is 0 Å². The van der Waals surface area contributed by atoms with Gasteiger partial charge in [0.25, 0.3) is 0 Å². The topological polar surface area (TPSA) is 29.9 Å². The third-order valence-electron chi connectivity index (χ3n) is 3.77. The van der Waals surface area contributed by atoms with Crippen LogP contribution in [0.25, 0.3) is 0 Å². The van der Waals surface area contributed by atoms with Gasteiger partial charge in [0, 0.05) is 25.0 Å². The van der Waals surface area contributed by atoms with Crippen LogP contribution >= 0.6 is 0 Å². The molecular weight excluding hydrogens is 246 g/mol. The van der Waals surface area contributed by atoms with Crippen molar-refractivity contribution in [1.82, 2.24) is 14.9 Å². The third-order valence-corrected chi connectivity index (χ3v) is 3.77. The second-order valence-electron chi connectivity index (χ2n) is 5.64. The van der Waals surface area contributed by atoms with Crippen molar-refractivity contribution in [2.75, 3.05) is 6.54 Å². The summed E-state index contributed by atoms with van der Waals surface area (Å²) in [7, 11) is 0. The van der Waals surface area contributed by atoms with Crippen LogP contribution in [0.3, 0.4) is 0 Å². The molecule has 2 rings (SSSR count). The molecule has 0 aliphatic carbocycles. The van der Waals surface area contributed by atoms with Crippen molar-refractivity contribution < 1.29 is 0 Å². The summed E-state index contributed by atoms with van der Waals surface area (Å²) in [5.41, 5.74) is 5.56. The van der Waals surface area contributed by atoms with Gasteiger partial charge >= 0.3 is 0 Å². The predicted molar refractivity (Wildman–Crippen MR) is 83.9 cm³/mol. The molecule has 2 aromatic rings. The van der Waals surface area contributed by atoms with Gasteiger partial charge in [-0.2, -0.15) is 0 Å². The van der Waals surface area contributed by atoms with Crippen LogP contribution in [-0.4, -0.2) is 16.1 Å². The quantitative estimate of drug-likeness (QED) is 0.814. The van der Waals surface area contributed by atoms with Gasteiger partial charge in [-0.25, -0.2) is 4.98 Å². The molecular formula is C17H25N3. The van der Waals surface area contributed by atoms with Crippen LogP contribution in [0.15, 0.2) is 30.9 Å². The minimum Gasteiger partial charge on any atom is -0.337 e. The van der Waals surface area contributed by atoms with E-state index >= 15 is 0 Å². The molecule has 0 radical (unpaired) electrons. The number of benzene rings is 1. The largest absolute Gasteiger partial charge is 0.337 e. The number of rotatable bonds is 6. The van der Waals surface area contributed by atoms with Crippen molar-refractivity contribution in [2.45, 2.75) is 46.7 Å². The highest BCUT2D eigenvalue weighted by atomic mass is 15.0. The third kappa shape index (κ3) is 3.70. The molecule has 0 amide bonds. The van der Waals surface area contributed by atoms with Gasteiger partial charge in [-0.05, 0) is 57.4 Å². The zero-order valence-electron chi connectivity index (χ0n) is 13.0. The molecule has 1 heterocycles. The zero-order chi connectivity index (χ0) is 14.5. The van der Waals surface area contributed by atoms with Gasteiger partial charge in [0.1, 0.15) is 0 Å². The fourth-order valence-electron chi connectivity index (χ4n) is 2.98. The molecule has 3 heteroatoms. The van der Waals surface area contributed by atoms with Crippen molar-refractivity contribution >= 4 is 0 Å². The smallest absolute Gasteiger partial charge is 0.0945 e. The highest BCUT2D eigenvalue weighted by molar-refractivity contribution is 5.39. The lowest BCUT2D eigenvalue weighted by Gasteiger charge is -2.20. The lowest BCUT2D eigenvalue weighted by atomic mass is 9.95. The Balaban J connectivity index is 1.87. The molecule has 1 atom stereocenters. The molecule has 0 fully saturated rings. The number of nitrogens with zero attached hydrogens (tertiary/aromatic N) is 2. The van der Waals surface area contributed by atoms with Crippen LogP contribution in [0.2, 0.25) is 0 Å². The van der Waals surface area contributed by atoms with E-state index in [0.717, 1.165) is 19.5 Å². The summed E-state index contributed by atoms with van der Waals surface area (Å²) >= 11 is 0. The summed E-state index contributed by atoms with van der Waals surface area (Å²) in [5.74, 6) is 0. The summed E-state index contributed by atoms with van der Waals surface area (Å²) in [5, 5.41) is 3.63. The lowest BCUT2D eigenvalue weighted by molar-refractivity contribution is 0.524. The number of aryl methyl sites for hydroxylation is 4. The molecule has 1 N–H and O–H groups in total. The Morgan fingerprint density at radius 3 is 2.50 bits per heavy atom. The van der Waals surface area contributed by atoms with Gasteiger partial charge in [-0.15, -0.1) is 0 Å². The highest BCUT2D eigenvalue weighted by Crippen LogP contribution is 2.23. The zero-order valence-corrected chi connectivity index (χ0v) is 13.0. The van der Waals surface area contributed by atoms with E-state index in [1.165, 1.54) is 22.3 Å². The van der Waals surface area contributed by atoms with Gasteiger partial charge in [-0.1, -0.05) is 17.7 Å². The van der Waals surface area contributed by atoms with Crippen molar-refractivity contribution in [3.05, 3.63) is 53.1 Å². The van der Waals surface area contributed by atoms with E-state index in [1.807, 2.05) is 18.7 Å². The molecule has 3 nitrogen and oxygen atoms in total. The first kappa shape index (κ1) is 14.8. The standard InChI is InChI=1S/C17H25N3/c1-13-10-14(2)17(15(3)11-13)16(4)19-6-5-8-20-9-7-18-12-20/h7,9-12,16,19H,5-6,8H2,1-4H3. The van der Waals surface area contributed by atoms with Crippen LogP contribution in [0.4, 0.5) is 0 Å². The number of hydrogen-bond acceptors (Lipinski definition) is 2. The van der Waals surface area contributed by atoms with Gasteiger partial charge < -0.3 is 9.88 Å². The fourth-order valence-corrected chi connectivity index (χ4v) is 2.98. The molecule has 1 aromatic carbocycles. The SMILES string of the molecule is Cc1cc(C)c(C(C)NCCCn2ccnc2)c(C)c1.